The zero-order chi connectivity index (χ0) is 22.4. The number of piperidine rings is 1. The Morgan fingerprint density at radius 2 is 1.45 bits per heavy atom. The number of rotatable bonds is 7. The molecule has 0 unspecified atom stereocenters. The fourth-order valence-electron chi connectivity index (χ4n) is 4.17. The van der Waals surface area contributed by atoms with Gasteiger partial charge in [-0.2, -0.15) is 4.31 Å². The highest BCUT2D eigenvalue weighted by Crippen LogP contribution is 2.19. The predicted molar refractivity (Wildman–Crippen MR) is 119 cm³/mol. The lowest BCUT2D eigenvalue weighted by atomic mass is 10.1. The number of amides is 2. The molecule has 0 N–H and O–H groups in total. The van der Waals surface area contributed by atoms with Gasteiger partial charge in [0.05, 0.1) is 11.4 Å². The minimum absolute atomic E-state index is 0.0964. The third-order valence-electron chi connectivity index (χ3n) is 6.19. The van der Waals surface area contributed by atoms with Crippen molar-refractivity contribution in [1.82, 2.24) is 19.0 Å². The quantitative estimate of drug-likeness (QED) is 0.629. The highest BCUT2D eigenvalue weighted by atomic mass is 32.2. The van der Waals surface area contributed by atoms with E-state index in [0.29, 0.717) is 51.4 Å². The van der Waals surface area contributed by atoms with E-state index in [2.05, 4.69) is 0 Å². The third-order valence-corrected chi connectivity index (χ3v) is 8.10. The van der Waals surface area contributed by atoms with Crippen LogP contribution in [0.4, 0.5) is 0 Å². The molecule has 2 aliphatic rings. The maximum atomic E-state index is 13.0. The number of carbonyl (C=O) groups is 2. The molecule has 2 aliphatic heterocycles. The van der Waals surface area contributed by atoms with Crippen molar-refractivity contribution in [3.63, 3.8) is 0 Å². The van der Waals surface area contributed by atoms with Crippen molar-refractivity contribution in [2.45, 2.75) is 38.0 Å². The highest BCUT2D eigenvalue weighted by Gasteiger charge is 2.30. The second kappa shape index (κ2) is 10.6. The monoisotopic (exact) mass is 450 g/mol. The van der Waals surface area contributed by atoms with E-state index < -0.39 is 10.0 Å². The average molecular weight is 451 g/mol. The fraction of sp³-hybridized carbons (Fsp3) is 0.636. The van der Waals surface area contributed by atoms with Crippen molar-refractivity contribution in [3.8, 4) is 0 Å². The Bertz CT molecular complexity index is 854. The van der Waals surface area contributed by atoms with Crippen LogP contribution in [0.1, 0.15) is 43.5 Å². The molecule has 9 heteroatoms. The number of carbonyl (C=O) groups excluding carboxylic acids is 2. The largest absolute Gasteiger partial charge is 0.342 e. The summed E-state index contributed by atoms with van der Waals surface area (Å²) in [6.45, 7) is 8.87. The molecule has 0 saturated carbocycles. The van der Waals surface area contributed by atoms with E-state index in [1.165, 1.54) is 22.9 Å². The summed E-state index contributed by atoms with van der Waals surface area (Å²) in [7, 11) is -3.62. The summed E-state index contributed by atoms with van der Waals surface area (Å²) in [4.78, 5) is 30.8. The lowest BCUT2D eigenvalue weighted by Gasteiger charge is -2.35. The minimum Gasteiger partial charge on any atom is -0.342 e. The van der Waals surface area contributed by atoms with E-state index in [-0.39, 0.29) is 16.7 Å². The predicted octanol–water partition coefficient (Wildman–Crippen LogP) is 1.49. The molecule has 2 fully saturated rings. The van der Waals surface area contributed by atoms with Crippen LogP contribution in [0.25, 0.3) is 0 Å². The van der Waals surface area contributed by atoms with Gasteiger partial charge in [0.2, 0.25) is 15.9 Å². The van der Waals surface area contributed by atoms with E-state index in [4.69, 9.17) is 0 Å². The van der Waals surface area contributed by atoms with Crippen molar-refractivity contribution < 1.29 is 18.0 Å². The van der Waals surface area contributed by atoms with Crippen LogP contribution >= 0.6 is 0 Å². The number of benzene rings is 1. The Kier molecular flexibility index (Phi) is 8.07. The summed E-state index contributed by atoms with van der Waals surface area (Å²) in [5.41, 5.74) is 0.490. The number of hydrogen-bond donors (Lipinski definition) is 0. The van der Waals surface area contributed by atoms with Gasteiger partial charge >= 0.3 is 0 Å². The zero-order valence-corrected chi connectivity index (χ0v) is 19.4. The van der Waals surface area contributed by atoms with E-state index >= 15 is 0 Å². The molecule has 0 aliphatic carbocycles. The number of sulfonamides is 1. The third kappa shape index (κ3) is 5.64. The van der Waals surface area contributed by atoms with Crippen molar-refractivity contribution >= 4 is 21.8 Å². The lowest BCUT2D eigenvalue weighted by molar-refractivity contribution is -0.133. The number of hydrogen-bond acceptors (Lipinski definition) is 5. The van der Waals surface area contributed by atoms with Gasteiger partial charge in [0.15, 0.2) is 0 Å². The molecule has 0 atom stereocenters. The number of piperazine rings is 1. The van der Waals surface area contributed by atoms with Crippen molar-refractivity contribution in [2.24, 2.45) is 0 Å². The normalized spacial score (nSPS) is 18.7. The molecule has 0 bridgehead atoms. The van der Waals surface area contributed by atoms with Crippen LogP contribution in [0.3, 0.4) is 0 Å². The summed E-state index contributed by atoms with van der Waals surface area (Å²) in [6, 6.07) is 6.19. The van der Waals surface area contributed by atoms with Crippen molar-refractivity contribution in [2.75, 3.05) is 58.9 Å². The first-order valence-electron chi connectivity index (χ1n) is 11.3. The van der Waals surface area contributed by atoms with Crippen LogP contribution in [-0.4, -0.2) is 98.1 Å². The summed E-state index contributed by atoms with van der Waals surface area (Å²) in [6.07, 6.45) is 3.32. The van der Waals surface area contributed by atoms with Gasteiger partial charge in [0.1, 0.15) is 0 Å². The topological polar surface area (TPSA) is 81.2 Å². The molecule has 1 aromatic carbocycles. The molecule has 0 spiro atoms. The van der Waals surface area contributed by atoms with Gasteiger partial charge < -0.3 is 9.80 Å². The van der Waals surface area contributed by atoms with Gasteiger partial charge in [-0.25, -0.2) is 8.42 Å². The van der Waals surface area contributed by atoms with Gasteiger partial charge in [0.25, 0.3) is 5.91 Å². The SMILES string of the molecule is CCN(CC)C(=O)c1ccc(S(=O)(=O)N2CCN(CC(=O)N3CCCCC3)CC2)cc1. The zero-order valence-electron chi connectivity index (χ0n) is 18.6. The first kappa shape index (κ1) is 23.7. The maximum absolute atomic E-state index is 13.0. The number of likely N-dealkylation sites (tertiary alicyclic amines) is 1. The molecule has 8 nitrogen and oxygen atoms in total. The summed E-state index contributed by atoms with van der Waals surface area (Å²) in [5.74, 6) is 0.0467. The van der Waals surface area contributed by atoms with Crippen LogP contribution in [-0.2, 0) is 14.8 Å². The van der Waals surface area contributed by atoms with Crippen LogP contribution in [0.2, 0.25) is 0 Å². The fourth-order valence-corrected chi connectivity index (χ4v) is 5.60. The summed E-state index contributed by atoms with van der Waals surface area (Å²) < 4.78 is 27.5. The van der Waals surface area contributed by atoms with E-state index in [1.54, 1.807) is 17.0 Å². The van der Waals surface area contributed by atoms with Crippen molar-refractivity contribution in [3.05, 3.63) is 29.8 Å². The Morgan fingerprint density at radius 1 is 0.871 bits per heavy atom. The number of nitrogens with zero attached hydrogens (tertiary/aromatic N) is 4. The second-order valence-electron chi connectivity index (χ2n) is 8.12. The van der Waals surface area contributed by atoms with Crippen molar-refractivity contribution in [1.29, 1.82) is 0 Å². The molecule has 2 heterocycles. The molecule has 1 aromatic rings. The first-order valence-corrected chi connectivity index (χ1v) is 12.7. The Hall–Kier alpha value is -1.97. The van der Waals surface area contributed by atoms with Gasteiger partial charge in [-0.15, -0.1) is 0 Å². The van der Waals surface area contributed by atoms with Crippen LogP contribution in [0.15, 0.2) is 29.2 Å². The lowest BCUT2D eigenvalue weighted by Crippen LogP contribution is -2.51. The minimum atomic E-state index is -3.62. The molecular formula is C22H34N4O4S. The van der Waals surface area contributed by atoms with Crippen LogP contribution in [0.5, 0.6) is 0 Å². The maximum Gasteiger partial charge on any atom is 0.253 e. The van der Waals surface area contributed by atoms with E-state index in [9.17, 15) is 18.0 Å². The second-order valence-corrected chi connectivity index (χ2v) is 10.1. The van der Waals surface area contributed by atoms with Gasteiger partial charge in [-0.1, -0.05) is 0 Å². The molecule has 2 amide bonds. The standard InChI is InChI=1S/C22H34N4O4S/c1-3-24(4-2)22(28)19-8-10-20(11-9-19)31(29,30)26-16-14-23(15-17-26)18-21(27)25-12-6-5-7-13-25/h8-11H,3-7,12-18H2,1-2H3. The average Bonchev–Trinajstić information content (AvgIpc) is 2.81. The van der Waals surface area contributed by atoms with Crippen LogP contribution < -0.4 is 0 Å². The molecule has 172 valence electrons. The van der Waals surface area contributed by atoms with E-state index in [1.807, 2.05) is 23.6 Å². The Balaban J connectivity index is 1.57. The molecule has 2 saturated heterocycles. The Morgan fingerprint density at radius 3 is 2.00 bits per heavy atom. The Labute approximate surface area is 185 Å². The van der Waals surface area contributed by atoms with Crippen LogP contribution in [0, 0.1) is 0 Å². The van der Waals surface area contributed by atoms with Gasteiger partial charge in [0, 0.05) is 57.9 Å². The first-order chi connectivity index (χ1) is 14.9. The highest BCUT2D eigenvalue weighted by molar-refractivity contribution is 7.89. The molecule has 31 heavy (non-hydrogen) atoms. The molecular weight excluding hydrogens is 416 g/mol. The van der Waals surface area contributed by atoms with Gasteiger partial charge in [-0.05, 0) is 57.4 Å². The van der Waals surface area contributed by atoms with Gasteiger partial charge in [-0.3, -0.25) is 14.5 Å². The molecule has 3 rings (SSSR count). The summed E-state index contributed by atoms with van der Waals surface area (Å²) in [5, 5.41) is 0. The van der Waals surface area contributed by atoms with E-state index in [0.717, 1.165) is 25.9 Å². The smallest absolute Gasteiger partial charge is 0.253 e. The summed E-state index contributed by atoms with van der Waals surface area (Å²) >= 11 is 0. The molecule has 0 radical (unpaired) electrons. The molecule has 0 aromatic heterocycles.